The molecule has 23 heavy (non-hydrogen) atoms. The Balaban J connectivity index is 2.03. The normalized spacial score (nSPS) is 10.8. The van der Waals surface area contributed by atoms with Crippen LogP contribution in [0.15, 0.2) is 42.5 Å². The highest BCUT2D eigenvalue weighted by atomic mass is 35.5. The molecule has 0 unspecified atom stereocenters. The first kappa shape index (κ1) is 17.1. The molecule has 0 aromatic heterocycles. The van der Waals surface area contributed by atoms with Crippen molar-refractivity contribution in [1.29, 1.82) is 0 Å². The van der Waals surface area contributed by atoms with Gasteiger partial charge in [-0.1, -0.05) is 29.8 Å². The van der Waals surface area contributed by atoms with E-state index in [9.17, 15) is 4.79 Å². The third-order valence-electron chi connectivity index (χ3n) is 3.62. The molecule has 1 amide bonds. The standard InChI is InChI=1S/C19H20ClNO2/c1-13-10-16(23-3)11-14(2)17(13)8-9-19(22)21-12-15-6-4-5-7-18(15)20/h4-11H,12H2,1-3H3,(H,21,22)/b9-8+. The lowest BCUT2D eigenvalue weighted by Crippen LogP contribution is -2.20. The summed E-state index contributed by atoms with van der Waals surface area (Å²) in [6, 6.07) is 11.4. The van der Waals surface area contributed by atoms with Crippen LogP contribution in [0.2, 0.25) is 5.02 Å². The number of amides is 1. The molecule has 4 heteroatoms. The van der Waals surface area contributed by atoms with Crippen molar-refractivity contribution in [3.05, 3.63) is 69.8 Å². The van der Waals surface area contributed by atoms with Crippen molar-refractivity contribution in [2.45, 2.75) is 20.4 Å². The van der Waals surface area contributed by atoms with Crippen LogP contribution in [0.1, 0.15) is 22.3 Å². The molecular formula is C19H20ClNO2. The number of rotatable bonds is 5. The van der Waals surface area contributed by atoms with Crippen molar-refractivity contribution in [3.63, 3.8) is 0 Å². The van der Waals surface area contributed by atoms with Gasteiger partial charge in [0, 0.05) is 17.6 Å². The number of methoxy groups -OCH3 is 1. The van der Waals surface area contributed by atoms with Gasteiger partial charge in [-0.3, -0.25) is 4.79 Å². The summed E-state index contributed by atoms with van der Waals surface area (Å²) in [6.45, 7) is 4.40. The Labute approximate surface area is 141 Å². The number of carbonyl (C=O) groups excluding carboxylic acids is 1. The summed E-state index contributed by atoms with van der Waals surface area (Å²) in [4.78, 5) is 12.0. The van der Waals surface area contributed by atoms with E-state index in [1.54, 1.807) is 13.2 Å². The molecule has 0 aliphatic heterocycles. The molecule has 0 aliphatic carbocycles. The second kappa shape index (κ2) is 7.84. The van der Waals surface area contributed by atoms with Crippen LogP contribution in [0.4, 0.5) is 0 Å². The van der Waals surface area contributed by atoms with E-state index in [1.165, 1.54) is 0 Å². The third kappa shape index (κ3) is 4.60. The molecule has 2 aromatic carbocycles. The Morgan fingerprint density at radius 2 is 1.87 bits per heavy atom. The Kier molecular flexibility index (Phi) is 5.83. The van der Waals surface area contributed by atoms with Gasteiger partial charge in [-0.2, -0.15) is 0 Å². The first-order valence-electron chi connectivity index (χ1n) is 7.36. The lowest BCUT2D eigenvalue weighted by molar-refractivity contribution is -0.116. The van der Waals surface area contributed by atoms with Crippen LogP contribution in [0, 0.1) is 13.8 Å². The molecule has 0 spiro atoms. The van der Waals surface area contributed by atoms with Crippen LogP contribution in [0.5, 0.6) is 5.75 Å². The Morgan fingerprint density at radius 3 is 2.48 bits per heavy atom. The van der Waals surface area contributed by atoms with Crippen LogP contribution < -0.4 is 10.1 Å². The number of aryl methyl sites for hydroxylation is 2. The molecule has 2 rings (SSSR count). The van der Waals surface area contributed by atoms with Gasteiger partial charge < -0.3 is 10.1 Å². The monoisotopic (exact) mass is 329 g/mol. The molecule has 0 aliphatic rings. The van der Waals surface area contributed by atoms with E-state index in [2.05, 4.69) is 5.32 Å². The SMILES string of the molecule is COc1cc(C)c(/C=C/C(=O)NCc2ccccc2Cl)c(C)c1. The van der Waals surface area contributed by atoms with Crippen LogP contribution >= 0.6 is 11.6 Å². The number of hydrogen-bond acceptors (Lipinski definition) is 2. The fourth-order valence-electron chi connectivity index (χ4n) is 2.36. The van der Waals surface area contributed by atoms with Crippen molar-refractivity contribution in [2.75, 3.05) is 7.11 Å². The van der Waals surface area contributed by atoms with Gasteiger partial charge in [-0.25, -0.2) is 0 Å². The van der Waals surface area contributed by atoms with Gasteiger partial charge in [0.2, 0.25) is 5.91 Å². The number of nitrogens with one attached hydrogen (secondary N) is 1. The zero-order chi connectivity index (χ0) is 16.8. The van der Waals surface area contributed by atoms with Gasteiger partial charge in [0.25, 0.3) is 0 Å². The van der Waals surface area contributed by atoms with Crippen molar-refractivity contribution in [1.82, 2.24) is 5.32 Å². The fourth-order valence-corrected chi connectivity index (χ4v) is 2.56. The van der Waals surface area contributed by atoms with Gasteiger partial charge >= 0.3 is 0 Å². The van der Waals surface area contributed by atoms with Gasteiger partial charge in [-0.05, 0) is 60.4 Å². The van der Waals surface area contributed by atoms with E-state index in [0.717, 1.165) is 28.0 Å². The van der Waals surface area contributed by atoms with Crippen LogP contribution in [-0.4, -0.2) is 13.0 Å². The predicted molar refractivity (Wildman–Crippen MR) is 94.8 cm³/mol. The molecule has 2 aromatic rings. The molecule has 0 atom stereocenters. The zero-order valence-corrected chi connectivity index (χ0v) is 14.3. The number of carbonyl (C=O) groups is 1. The van der Waals surface area contributed by atoms with E-state index in [-0.39, 0.29) is 5.91 Å². The van der Waals surface area contributed by atoms with E-state index >= 15 is 0 Å². The van der Waals surface area contributed by atoms with Crippen LogP contribution in [-0.2, 0) is 11.3 Å². The van der Waals surface area contributed by atoms with Gasteiger partial charge in [-0.15, -0.1) is 0 Å². The second-order valence-electron chi connectivity index (χ2n) is 5.32. The summed E-state index contributed by atoms with van der Waals surface area (Å²) in [5.41, 5.74) is 4.06. The molecule has 0 bridgehead atoms. The van der Waals surface area contributed by atoms with Crippen molar-refractivity contribution in [2.24, 2.45) is 0 Å². The first-order valence-corrected chi connectivity index (χ1v) is 7.73. The minimum absolute atomic E-state index is 0.153. The highest BCUT2D eigenvalue weighted by Gasteiger charge is 2.04. The molecule has 120 valence electrons. The minimum atomic E-state index is -0.153. The van der Waals surface area contributed by atoms with Crippen LogP contribution in [0.3, 0.4) is 0 Å². The Morgan fingerprint density at radius 1 is 1.22 bits per heavy atom. The van der Waals surface area contributed by atoms with E-state index < -0.39 is 0 Å². The molecule has 0 heterocycles. The van der Waals surface area contributed by atoms with Crippen LogP contribution in [0.25, 0.3) is 6.08 Å². The highest BCUT2D eigenvalue weighted by Crippen LogP contribution is 2.22. The second-order valence-corrected chi connectivity index (χ2v) is 5.72. The quantitative estimate of drug-likeness (QED) is 0.831. The lowest BCUT2D eigenvalue weighted by atomic mass is 10.0. The topological polar surface area (TPSA) is 38.3 Å². The molecule has 0 saturated carbocycles. The molecule has 0 saturated heterocycles. The van der Waals surface area contributed by atoms with Crippen molar-refractivity contribution >= 4 is 23.6 Å². The van der Waals surface area contributed by atoms with E-state index in [0.29, 0.717) is 11.6 Å². The van der Waals surface area contributed by atoms with Gasteiger partial charge in [0.15, 0.2) is 0 Å². The van der Waals surface area contributed by atoms with Gasteiger partial charge in [0.1, 0.15) is 5.75 Å². The zero-order valence-electron chi connectivity index (χ0n) is 13.5. The molecule has 0 fully saturated rings. The molecule has 1 N–H and O–H groups in total. The Hall–Kier alpha value is -2.26. The molecule has 3 nitrogen and oxygen atoms in total. The van der Waals surface area contributed by atoms with E-state index in [4.69, 9.17) is 16.3 Å². The minimum Gasteiger partial charge on any atom is -0.497 e. The van der Waals surface area contributed by atoms with Crippen molar-refractivity contribution in [3.8, 4) is 5.75 Å². The first-order chi connectivity index (χ1) is 11.0. The predicted octanol–water partition coefficient (Wildman–Crippen LogP) is 4.30. The summed E-state index contributed by atoms with van der Waals surface area (Å²) in [5, 5.41) is 3.49. The number of benzene rings is 2. The number of halogens is 1. The largest absolute Gasteiger partial charge is 0.497 e. The summed E-state index contributed by atoms with van der Waals surface area (Å²) >= 11 is 6.07. The average molecular weight is 330 g/mol. The maximum atomic E-state index is 12.0. The lowest BCUT2D eigenvalue weighted by Gasteiger charge is -2.09. The average Bonchev–Trinajstić information content (AvgIpc) is 2.53. The summed E-state index contributed by atoms with van der Waals surface area (Å²) in [6.07, 6.45) is 3.37. The molecule has 0 radical (unpaired) electrons. The third-order valence-corrected chi connectivity index (χ3v) is 3.98. The van der Waals surface area contributed by atoms with Gasteiger partial charge in [0.05, 0.1) is 7.11 Å². The summed E-state index contributed by atoms with van der Waals surface area (Å²) < 4.78 is 5.24. The van der Waals surface area contributed by atoms with E-state index in [1.807, 2.05) is 56.3 Å². The Bertz CT molecular complexity index is 715. The fraction of sp³-hybridized carbons (Fsp3) is 0.211. The highest BCUT2D eigenvalue weighted by molar-refractivity contribution is 6.31. The molecular weight excluding hydrogens is 310 g/mol. The summed E-state index contributed by atoms with van der Waals surface area (Å²) in [7, 11) is 1.64. The number of hydrogen-bond donors (Lipinski definition) is 1. The smallest absolute Gasteiger partial charge is 0.244 e. The van der Waals surface area contributed by atoms with Crippen molar-refractivity contribution < 1.29 is 9.53 Å². The summed E-state index contributed by atoms with van der Waals surface area (Å²) in [5.74, 6) is 0.667. The maximum absolute atomic E-state index is 12.0. The maximum Gasteiger partial charge on any atom is 0.244 e. The number of ether oxygens (including phenoxy) is 1.